The molecule has 0 unspecified atom stereocenters. The van der Waals surface area contributed by atoms with Gasteiger partial charge in [-0.3, -0.25) is 0 Å². The summed E-state index contributed by atoms with van der Waals surface area (Å²) >= 11 is 1.54. The molecule has 1 aromatic heterocycles. The van der Waals surface area contributed by atoms with Gasteiger partial charge in [-0.15, -0.1) is 10.2 Å². The van der Waals surface area contributed by atoms with E-state index in [1.54, 1.807) is 7.11 Å². The number of benzene rings is 2. The molecule has 3 aromatic rings. The second-order valence-electron chi connectivity index (χ2n) is 6.10. The minimum Gasteiger partial charge on any atom is -0.496 e. The molecule has 138 valence electrons. The third-order valence-electron chi connectivity index (χ3n) is 4.33. The van der Waals surface area contributed by atoms with E-state index in [2.05, 4.69) is 33.5 Å². The average molecular weight is 380 g/mol. The zero-order valence-corrected chi connectivity index (χ0v) is 16.2. The number of anilines is 1. The number of ether oxygens (including phenoxy) is 2. The van der Waals surface area contributed by atoms with E-state index in [1.807, 2.05) is 43.3 Å². The van der Waals surface area contributed by atoms with Gasteiger partial charge in [0.25, 0.3) is 0 Å². The van der Waals surface area contributed by atoms with Gasteiger partial charge in [-0.25, -0.2) is 0 Å². The molecule has 0 saturated carbocycles. The molecule has 2 aromatic carbocycles. The fourth-order valence-corrected chi connectivity index (χ4v) is 3.56. The normalized spacial score (nSPS) is 15.0. The SMILES string of the molecule is CCSc1nnc2c(n1)O[C@@H](c1ccc(OC)c(C)c1)Nc1ccccc1-2. The molecule has 0 aliphatic carbocycles. The van der Waals surface area contributed by atoms with Gasteiger partial charge in [0, 0.05) is 16.8 Å². The van der Waals surface area contributed by atoms with E-state index in [1.165, 1.54) is 11.8 Å². The number of aromatic nitrogens is 3. The Morgan fingerprint density at radius 2 is 2.04 bits per heavy atom. The van der Waals surface area contributed by atoms with Crippen LogP contribution in [0.5, 0.6) is 11.6 Å². The highest BCUT2D eigenvalue weighted by Crippen LogP contribution is 2.39. The number of thioether (sulfide) groups is 1. The lowest BCUT2D eigenvalue weighted by Crippen LogP contribution is -2.17. The van der Waals surface area contributed by atoms with Gasteiger partial charge in [0.05, 0.1) is 7.11 Å². The van der Waals surface area contributed by atoms with Gasteiger partial charge >= 0.3 is 0 Å². The first-order chi connectivity index (χ1) is 13.2. The molecule has 7 heteroatoms. The van der Waals surface area contributed by atoms with Gasteiger partial charge in [0.15, 0.2) is 11.9 Å². The van der Waals surface area contributed by atoms with Crippen LogP contribution in [-0.2, 0) is 0 Å². The molecule has 0 fully saturated rings. The van der Waals surface area contributed by atoms with Crippen molar-refractivity contribution in [1.82, 2.24) is 15.2 Å². The molecule has 1 N–H and O–H groups in total. The van der Waals surface area contributed by atoms with E-state index in [4.69, 9.17) is 9.47 Å². The van der Waals surface area contributed by atoms with E-state index >= 15 is 0 Å². The Morgan fingerprint density at radius 1 is 1.19 bits per heavy atom. The number of para-hydroxylation sites is 1. The van der Waals surface area contributed by atoms with E-state index in [9.17, 15) is 0 Å². The zero-order chi connectivity index (χ0) is 18.8. The Bertz CT molecular complexity index is 980. The average Bonchev–Trinajstić information content (AvgIpc) is 2.84. The van der Waals surface area contributed by atoms with Gasteiger partial charge in [0.1, 0.15) is 5.75 Å². The first-order valence-corrected chi connectivity index (χ1v) is 9.72. The third-order valence-corrected chi connectivity index (χ3v) is 5.05. The van der Waals surface area contributed by atoms with E-state index in [-0.39, 0.29) is 0 Å². The largest absolute Gasteiger partial charge is 0.496 e. The molecule has 4 rings (SSSR count). The molecule has 2 heterocycles. The van der Waals surface area contributed by atoms with Crippen molar-refractivity contribution in [2.24, 2.45) is 0 Å². The predicted molar refractivity (Wildman–Crippen MR) is 106 cm³/mol. The summed E-state index contributed by atoms with van der Waals surface area (Å²) in [5, 5.41) is 12.7. The van der Waals surface area contributed by atoms with Crippen LogP contribution in [0.4, 0.5) is 5.69 Å². The van der Waals surface area contributed by atoms with Crippen LogP contribution in [0.15, 0.2) is 47.6 Å². The van der Waals surface area contributed by atoms with E-state index < -0.39 is 6.23 Å². The summed E-state index contributed by atoms with van der Waals surface area (Å²) in [6.45, 7) is 4.07. The highest BCUT2D eigenvalue weighted by Gasteiger charge is 2.26. The quantitative estimate of drug-likeness (QED) is 0.670. The fourth-order valence-electron chi connectivity index (χ4n) is 3.05. The first kappa shape index (κ1) is 17.6. The Labute approximate surface area is 162 Å². The summed E-state index contributed by atoms with van der Waals surface area (Å²) < 4.78 is 11.6. The van der Waals surface area contributed by atoms with Gasteiger partial charge in [-0.1, -0.05) is 36.9 Å². The maximum atomic E-state index is 6.26. The topological polar surface area (TPSA) is 69.2 Å². The van der Waals surface area contributed by atoms with Crippen LogP contribution in [0, 0.1) is 6.92 Å². The van der Waals surface area contributed by atoms with Gasteiger partial charge in [0.2, 0.25) is 11.0 Å². The molecule has 1 aliphatic heterocycles. The number of nitrogens with zero attached hydrogens (tertiary/aromatic N) is 3. The van der Waals surface area contributed by atoms with Crippen molar-refractivity contribution in [1.29, 1.82) is 0 Å². The van der Waals surface area contributed by atoms with E-state index in [0.717, 1.165) is 33.9 Å². The molecule has 0 spiro atoms. The minimum atomic E-state index is -0.395. The van der Waals surface area contributed by atoms with Gasteiger partial charge in [-0.05, 0) is 42.5 Å². The second kappa shape index (κ2) is 7.44. The Kier molecular flexibility index (Phi) is 4.85. The van der Waals surface area contributed by atoms with Crippen LogP contribution in [0.1, 0.15) is 24.3 Å². The van der Waals surface area contributed by atoms with Crippen molar-refractivity contribution in [3.8, 4) is 22.9 Å². The van der Waals surface area contributed by atoms with Gasteiger partial charge in [-0.2, -0.15) is 4.98 Å². The maximum absolute atomic E-state index is 6.26. The number of aryl methyl sites for hydroxylation is 1. The van der Waals surface area contributed by atoms with Crippen LogP contribution in [0.2, 0.25) is 0 Å². The number of methoxy groups -OCH3 is 1. The zero-order valence-electron chi connectivity index (χ0n) is 15.4. The monoisotopic (exact) mass is 380 g/mol. The Morgan fingerprint density at radius 3 is 2.81 bits per heavy atom. The summed E-state index contributed by atoms with van der Waals surface area (Å²) in [6.07, 6.45) is -0.395. The third kappa shape index (κ3) is 3.42. The molecule has 0 amide bonds. The summed E-state index contributed by atoms with van der Waals surface area (Å²) in [6, 6.07) is 14.0. The van der Waals surface area contributed by atoms with Crippen molar-refractivity contribution < 1.29 is 9.47 Å². The van der Waals surface area contributed by atoms with Crippen LogP contribution in [0.25, 0.3) is 11.3 Å². The second-order valence-corrected chi connectivity index (χ2v) is 7.33. The molecular weight excluding hydrogens is 360 g/mol. The summed E-state index contributed by atoms with van der Waals surface area (Å²) in [5.74, 6) is 2.20. The van der Waals surface area contributed by atoms with Gasteiger partial charge < -0.3 is 14.8 Å². The Hall–Kier alpha value is -2.80. The summed E-state index contributed by atoms with van der Waals surface area (Å²) in [7, 11) is 1.67. The number of fused-ring (bicyclic) bond motifs is 3. The predicted octanol–water partition coefficient (Wildman–Crippen LogP) is 4.47. The van der Waals surface area contributed by atoms with Crippen LogP contribution >= 0.6 is 11.8 Å². The maximum Gasteiger partial charge on any atom is 0.247 e. The van der Waals surface area contributed by atoms with Crippen molar-refractivity contribution in [3.05, 3.63) is 53.6 Å². The fraction of sp³-hybridized carbons (Fsp3) is 0.250. The molecule has 6 nitrogen and oxygen atoms in total. The highest BCUT2D eigenvalue weighted by atomic mass is 32.2. The Balaban J connectivity index is 1.80. The first-order valence-electron chi connectivity index (χ1n) is 8.74. The molecule has 0 bridgehead atoms. The standard InChI is InChI=1S/C20H20N4O2S/c1-4-27-20-22-19-17(23-24-20)14-7-5-6-8-15(14)21-18(26-19)13-9-10-16(25-3)12(2)11-13/h5-11,18,21H,4H2,1-3H3/t18-/m0/s1. The van der Waals surface area contributed by atoms with Crippen LogP contribution in [-0.4, -0.2) is 28.0 Å². The molecule has 1 aliphatic rings. The van der Waals surface area contributed by atoms with Crippen LogP contribution < -0.4 is 14.8 Å². The van der Waals surface area contributed by atoms with Crippen molar-refractivity contribution >= 4 is 17.4 Å². The molecule has 0 saturated heterocycles. The van der Waals surface area contributed by atoms with E-state index in [0.29, 0.717) is 16.7 Å². The minimum absolute atomic E-state index is 0.395. The highest BCUT2D eigenvalue weighted by molar-refractivity contribution is 7.99. The van der Waals surface area contributed by atoms with Crippen LogP contribution in [0.3, 0.4) is 0 Å². The summed E-state index contributed by atoms with van der Waals surface area (Å²) in [5.41, 5.74) is 4.53. The molecule has 1 atom stereocenters. The smallest absolute Gasteiger partial charge is 0.247 e. The molecular formula is C20H20N4O2S. The number of hydrogen-bond acceptors (Lipinski definition) is 7. The lowest BCUT2D eigenvalue weighted by atomic mass is 10.1. The lowest BCUT2D eigenvalue weighted by Gasteiger charge is -2.20. The number of rotatable bonds is 4. The van der Waals surface area contributed by atoms with Crippen molar-refractivity contribution in [2.45, 2.75) is 25.2 Å². The number of hydrogen-bond donors (Lipinski definition) is 1. The van der Waals surface area contributed by atoms with Crippen molar-refractivity contribution in [2.75, 3.05) is 18.2 Å². The lowest BCUT2D eigenvalue weighted by molar-refractivity contribution is 0.225. The molecule has 27 heavy (non-hydrogen) atoms. The summed E-state index contributed by atoms with van der Waals surface area (Å²) in [4.78, 5) is 4.60. The molecule has 0 radical (unpaired) electrons. The number of nitrogens with one attached hydrogen (secondary N) is 1. The van der Waals surface area contributed by atoms with Crippen molar-refractivity contribution in [3.63, 3.8) is 0 Å².